The van der Waals surface area contributed by atoms with Crippen molar-refractivity contribution in [2.24, 2.45) is 0 Å². The highest BCUT2D eigenvalue weighted by atomic mass is 16.3. The van der Waals surface area contributed by atoms with Gasteiger partial charge in [0.05, 0.1) is 5.56 Å². The molecular weight excluding hydrogens is 324 g/mol. The minimum absolute atomic E-state index is 0.0633. The molecule has 128 valence electrons. The van der Waals surface area contributed by atoms with Crippen molar-refractivity contribution in [2.45, 2.75) is 0 Å². The molecule has 0 aliphatic rings. The lowest BCUT2D eigenvalue weighted by molar-refractivity contribution is 0.104. The van der Waals surface area contributed by atoms with Gasteiger partial charge in [0, 0.05) is 0 Å². The number of aromatic hydroxyl groups is 2. The minimum Gasteiger partial charge on any atom is -0.508 e. The van der Waals surface area contributed by atoms with Crippen LogP contribution in [0.15, 0.2) is 91.0 Å². The van der Waals surface area contributed by atoms with Crippen LogP contribution < -0.4 is 0 Å². The summed E-state index contributed by atoms with van der Waals surface area (Å²) in [6, 6.07) is 23.5. The van der Waals surface area contributed by atoms with Gasteiger partial charge in [-0.3, -0.25) is 4.79 Å². The molecule has 0 fully saturated rings. The predicted molar refractivity (Wildman–Crippen MR) is 104 cm³/mol. The Kier molecular flexibility index (Phi) is 5.30. The van der Waals surface area contributed by atoms with E-state index in [-0.39, 0.29) is 22.8 Å². The molecule has 0 saturated heterocycles. The van der Waals surface area contributed by atoms with E-state index < -0.39 is 0 Å². The highest BCUT2D eigenvalue weighted by Crippen LogP contribution is 2.24. The second kappa shape index (κ2) is 7.99. The van der Waals surface area contributed by atoms with E-state index in [1.807, 2.05) is 66.7 Å². The van der Waals surface area contributed by atoms with E-state index in [0.29, 0.717) is 0 Å². The molecule has 0 bridgehead atoms. The van der Waals surface area contributed by atoms with E-state index in [1.54, 1.807) is 6.08 Å². The lowest BCUT2D eigenvalue weighted by Gasteiger charge is -2.04. The van der Waals surface area contributed by atoms with Crippen LogP contribution in [-0.2, 0) is 0 Å². The van der Waals surface area contributed by atoms with Crippen LogP contribution in [0.5, 0.6) is 11.5 Å². The summed E-state index contributed by atoms with van der Waals surface area (Å²) in [5.74, 6) is -0.610. The zero-order chi connectivity index (χ0) is 18.4. The molecule has 0 saturated carbocycles. The molecule has 3 nitrogen and oxygen atoms in total. The summed E-state index contributed by atoms with van der Waals surface area (Å²) in [6.07, 6.45) is 5.10. The lowest BCUT2D eigenvalue weighted by Crippen LogP contribution is -1.95. The lowest BCUT2D eigenvalue weighted by atomic mass is 10.0. The molecule has 0 radical (unpaired) electrons. The number of phenols is 2. The number of allylic oxidation sites excluding steroid dienone is 3. The van der Waals surface area contributed by atoms with Crippen LogP contribution in [0, 0.1) is 0 Å². The van der Waals surface area contributed by atoms with Crippen LogP contribution in [0.1, 0.15) is 21.5 Å². The number of carbonyl (C=O) groups excluding carboxylic acids is 1. The Labute approximate surface area is 152 Å². The van der Waals surface area contributed by atoms with Gasteiger partial charge < -0.3 is 10.2 Å². The summed E-state index contributed by atoms with van der Waals surface area (Å²) in [5, 5.41) is 19.4. The van der Waals surface area contributed by atoms with Crippen molar-refractivity contribution >= 4 is 17.4 Å². The van der Waals surface area contributed by atoms with Crippen LogP contribution in [0.3, 0.4) is 0 Å². The monoisotopic (exact) mass is 342 g/mol. The van der Waals surface area contributed by atoms with Gasteiger partial charge >= 0.3 is 0 Å². The summed E-state index contributed by atoms with van der Waals surface area (Å²) in [6.45, 7) is 0. The Morgan fingerprint density at radius 2 is 1.42 bits per heavy atom. The molecule has 2 N–H and O–H groups in total. The van der Waals surface area contributed by atoms with E-state index in [0.717, 1.165) is 16.7 Å². The molecule has 3 aromatic carbocycles. The van der Waals surface area contributed by atoms with Crippen molar-refractivity contribution < 1.29 is 15.0 Å². The summed E-state index contributed by atoms with van der Waals surface area (Å²) in [7, 11) is 0. The maximum Gasteiger partial charge on any atom is 0.189 e. The van der Waals surface area contributed by atoms with Crippen LogP contribution in [0.4, 0.5) is 0 Å². The van der Waals surface area contributed by atoms with Crippen molar-refractivity contribution in [3.8, 4) is 11.5 Å². The fourth-order valence-electron chi connectivity index (χ4n) is 2.56. The third-order valence-electron chi connectivity index (χ3n) is 3.89. The SMILES string of the molecule is O=C(/C=C/C(=C\c1ccccc1)c1ccccc1)c1cc(O)ccc1O. The number of rotatable bonds is 5. The molecule has 0 unspecified atom stereocenters. The number of phenolic OH excluding ortho intramolecular Hbond substituents is 2. The summed E-state index contributed by atoms with van der Waals surface area (Å²) < 4.78 is 0. The zero-order valence-electron chi connectivity index (χ0n) is 14.0. The van der Waals surface area contributed by atoms with Gasteiger partial charge in [0.2, 0.25) is 0 Å². The first-order valence-electron chi connectivity index (χ1n) is 8.20. The first kappa shape index (κ1) is 17.2. The van der Waals surface area contributed by atoms with E-state index in [1.165, 1.54) is 24.3 Å². The molecule has 0 aliphatic carbocycles. The Bertz CT molecular complexity index is 955. The first-order valence-corrected chi connectivity index (χ1v) is 8.20. The molecule has 3 heteroatoms. The number of hydrogen-bond acceptors (Lipinski definition) is 3. The molecule has 26 heavy (non-hydrogen) atoms. The largest absolute Gasteiger partial charge is 0.508 e. The van der Waals surface area contributed by atoms with Crippen molar-refractivity contribution in [1.29, 1.82) is 0 Å². The van der Waals surface area contributed by atoms with Gasteiger partial charge in [0.1, 0.15) is 11.5 Å². The Morgan fingerprint density at radius 3 is 2.12 bits per heavy atom. The maximum atomic E-state index is 12.4. The van der Waals surface area contributed by atoms with E-state index in [2.05, 4.69) is 0 Å². The summed E-state index contributed by atoms with van der Waals surface area (Å²) >= 11 is 0. The third kappa shape index (κ3) is 4.28. The van der Waals surface area contributed by atoms with E-state index >= 15 is 0 Å². The average molecular weight is 342 g/mol. The number of benzene rings is 3. The second-order valence-corrected chi connectivity index (χ2v) is 5.78. The number of hydrogen-bond donors (Lipinski definition) is 2. The van der Waals surface area contributed by atoms with E-state index in [4.69, 9.17) is 0 Å². The molecule has 0 spiro atoms. The average Bonchev–Trinajstić information content (AvgIpc) is 2.68. The third-order valence-corrected chi connectivity index (χ3v) is 3.89. The van der Waals surface area contributed by atoms with Gasteiger partial charge in [-0.15, -0.1) is 0 Å². The molecule has 0 heterocycles. The normalized spacial score (nSPS) is 11.6. The Hall–Kier alpha value is -3.59. The fourth-order valence-corrected chi connectivity index (χ4v) is 2.56. The molecule has 0 amide bonds. The highest BCUT2D eigenvalue weighted by Gasteiger charge is 2.09. The summed E-state index contributed by atoms with van der Waals surface area (Å²) in [4.78, 5) is 12.4. The summed E-state index contributed by atoms with van der Waals surface area (Å²) in [5.41, 5.74) is 2.92. The minimum atomic E-state index is -0.381. The number of carbonyl (C=O) groups is 1. The van der Waals surface area contributed by atoms with Gasteiger partial charge in [0.25, 0.3) is 0 Å². The van der Waals surface area contributed by atoms with Crippen molar-refractivity contribution in [1.82, 2.24) is 0 Å². The quantitative estimate of drug-likeness (QED) is 0.224. The van der Waals surface area contributed by atoms with Crippen molar-refractivity contribution in [2.75, 3.05) is 0 Å². The van der Waals surface area contributed by atoms with E-state index in [9.17, 15) is 15.0 Å². The Morgan fingerprint density at radius 1 is 0.769 bits per heavy atom. The standard InChI is InChI=1S/C23H18O3/c24-20-12-14-23(26)21(16-20)22(25)13-11-19(18-9-5-2-6-10-18)15-17-7-3-1-4-8-17/h1-16,24,26H/b13-11+,19-15+. The second-order valence-electron chi connectivity index (χ2n) is 5.78. The Balaban J connectivity index is 1.95. The molecule has 3 rings (SSSR count). The molecule has 0 aromatic heterocycles. The van der Waals surface area contributed by atoms with Crippen LogP contribution >= 0.6 is 0 Å². The molecule has 3 aromatic rings. The van der Waals surface area contributed by atoms with Crippen LogP contribution in [-0.4, -0.2) is 16.0 Å². The van der Waals surface area contributed by atoms with Gasteiger partial charge in [-0.05, 0) is 47.1 Å². The zero-order valence-corrected chi connectivity index (χ0v) is 14.0. The van der Waals surface area contributed by atoms with Crippen molar-refractivity contribution in [3.05, 3.63) is 108 Å². The molecule has 0 atom stereocenters. The first-order chi connectivity index (χ1) is 12.6. The highest BCUT2D eigenvalue weighted by molar-refractivity contribution is 6.08. The van der Waals surface area contributed by atoms with Crippen LogP contribution in [0.2, 0.25) is 0 Å². The maximum absolute atomic E-state index is 12.4. The number of ketones is 1. The smallest absolute Gasteiger partial charge is 0.189 e. The molecule has 0 aliphatic heterocycles. The molecular formula is C23H18O3. The van der Waals surface area contributed by atoms with Gasteiger partial charge in [-0.1, -0.05) is 66.7 Å². The fraction of sp³-hybridized carbons (Fsp3) is 0. The predicted octanol–water partition coefficient (Wildman–Crippen LogP) is 5.08. The van der Waals surface area contributed by atoms with Crippen molar-refractivity contribution in [3.63, 3.8) is 0 Å². The van der Waals surface area contributed by atoms with Crippen LogP contribution in [0.25, 0.3) is 11.6 Å². The van der Waals surface area contributed by atoms with Gasteiger partial charge in [-0.2, -0.15) is 0 Å². The van der Waals surface area contributed by atoms with Gasteiger partial charge in [0.15, 0.2) is 5.78 Å². The van der Waals surface area contributed by atoms with Gasteiger partial charge in [-0.25, -0.2) is 0 Å². The topological polar surface area (TPSA) is 57.5 Å².